The van der Waals surface area contributed by atoms with E-state index >= 15 is 0 Å². The highest BCUT2D eigenvalue weighted by Gasteiger charge is 2.25. The Hall–Kier alpha value is -1.89. The fourth-order valence-corrected chi connectivity index (χ4v) is 2.12. The van der Waals surface area contributed by atoms with Gasteiger partial charge in [-0.2, -0.15) is 5.10 Å². The van der Waals surface area contributed by atoms with Gasteiger partial charge in [0.1, 0.15) is 11.6 Å². The molecule has 0 radical (unpaired) electrons. The van der Waals surface area contributed by atoms with Crippen molar-refractivity contribution < 1.29 is 14.6 Å². The number of nitrogens with zero attached hydrogens (tertiary/aromatic N) is 1. The Morgan fingerprint density at radius 1 is 1.41 bits per heavy atom. The lowest BCUT2D eigenvalue weighted by Crippen LogP contribution is -1.93. The van der Waals surface area contributed by atoms with Crippen molar-refractivity contribution >= 4 is 21.7 Å². The second-order valence-electron chi connectivity index (χ2n) is 3.52. The summed E-state index contributed by atoms with van der Waals surface area (Å²) >= 11 is 3.25. The summed E-state index contributed by atoms with van der Waals surface area (Å²) in [6.07, 6.45) is 0. The number of ether oxygens (including phenoxy) is 2. The van der Waals surface area contributed by atoms with E-state index in [1.165, 1.54) is 0 Å². The maximum Gasteiger partial charge on any atom is 0.231 e. The first-order valence-electron chi connectivity index (χ1n) is 4.79. The summed E-state index contributed by atoms with van der Waals surface area (Å²) in [4.78, 5) is 0. The molecule has 0 unspecified atom stereocenters. The third kappa shape index (κ3) is 1.50. The number of hydrogen-bond acceptors (Lipinski definition) is 5. The maximum absolute atomic E-state index is 10.1. The molecule has 7 heteroatoms. The molecule has 3 rings (SSSR count). The number of aromatic hydroxyl groups is 1. The van der Waals surface area contributed by atoms with Crippen LogP contribution in [0.15, 0.2) is 16.6 Å². The molecule has 0 fully saturated rings. The van der Waals surface area contributed by atoms with Crippen molar-refractivity contribution in [3.63, 3.8) is 0 Å². The van der Waals surface area contributed by atoms with Crippen LogP contribution in [0.4, 0.5) is 5.82 Å². The number of benzene rings is 1. The number of rotatable bonds is 1. The van der Waals surface area contributed by atoms with E-state index < -0.39 is 0 Å². The SMILES string of the molecule is Nc1cc(-c2c(O)c(Br)cc3c2OCO3)[nH]n1. The number of nitrogens with two attached hydrogens (primary N) is 1. The molecule has 17 heavy (non-hydrogen) atoms. The summed E-state index contributed by atoms with van der Waals surface area (Å²) in [5.74, 6) is 1.44. The molecule has 0 amide bonds. The quantitative estimate of drug-likeness (QED) is 0.747. The Kier molecular flexibility index (Phi) is 2.15. The van der Waals surface area contributed by atoms with Gasteiger partial charge in [-0.15, -0.1) is 0 Å². The minimum Gasteiger partial charge on any atom is -0.506 e. The van der Waals surface area contributed by atoms with E-state index in [1.54, 1.807) is 12.1 Å². The largest absolute Gasteiger partial charge is 0.506 e. The highest BCUT2D eigenvalue weighted by Crippen LogP contribution is 2.49. The van der Waals surface area contributed by atoms with Crippen LogP contribution in [0.2, 0.25) is 0 Å². The van der Waals surface area contributed by atoms with Crippen molar-refractivity contribution in [2.75, 3.05) is 12.5 Å². The number of halogens is 1. The third-order valence-electron chi connectivity index (χ3n) is 2.46. The van der Waals surface area contributed by atoms with E-state index in [4.69, 9.17) is 15.2 Å². The van der Waals surface area contributed by atoms with E-state index in [2.05, 4.69) is 26.1 Å². The summed E-state index contributed by atoms with van der Waals surface area (Å²) in [5, 5.41) is 16.6. The molecular formula is C10H8BrN3O3. The van der Waals surface area contributed by atoms with Crippen LogP contribution in [0.1, 0.15) is 0 Å². The average molecular weight is 298 g/mol. The number of nitrogen functional groups attached to an aromatic ring is 1. The molecule has 6 nitrogen and oxygen atoms in total. The number of aromatic nitrogens is 2. The summed E-state index contributed by atoms with van der Waals surface area (Å²) in [7, 11) is 0. The number of nitrogens with one attached hydrogen (secondary N) is 1. The van der Waals surface area contributed by atoms with Crippen LogP contribution in [-0.2, 0) is 0 Å². The highest BCUT2D eigenvalue weighted by molar-refractivity contribution is 9.10. The summed E-state index contributed by atoms with van der Waals surface area (Å²) < 4.78 is 11.1. The van der Waals surface area contributed by atoms with Gasteiger partial charge in [0, 0.05) is 12.1 Å². The van der Waals surface area contributed by atoms with Gasteiger partial charge in [0.2, 0.25) is 6.79 Å². The Labute approximate surface area is 104 Å². The van der Waals surface area contributed by atoms with Crippen LogP contribution < -0.4 is 15.2 Å². The molecule has 2 heterocycles. The molecule has 2 aromatic rings. The van der Waals surface area contributed by atoms with E-state index in [1.807, 2.05) is 0 Å². The molecule has 1 aliphatic heterocycles. The molecule has 0 atom stereocenters. The second kappa shape index (κ2) is 3.56. The lowest BCUT2D eigenvalue weighted by atomic mass is 10.1. The summed E-state index contributed by atoms with van der Waals surface area (Å²) in [5.41, 5.74) is 6.60. The number of hydrogen-bond donors (Lipinski definition) is 3. The average Bonchev–Trinajstić information content (AvgIpc) is 2.89. The summed E-state index contributed by atoms with van der Waals surface area (Å²) in [6, 6.07) is 3.27. The van der Waals surface area contributed by atoms with Crippen molar-refractivity contribution in [3.05, 3.63) is 16.6 Å². The Bertz CT molecular complexity index is 597. The van der Waals surface area contributed by atoms with Crippen LogP contribution in [0.25, 0.3) is 11.3 Å². The van der Waals surface area contributed by atoms with Crippen molar-refractivity contribution in [2.24, 2.45) is 0 Å². The number of anilines is 1. The first-order valence-corrected chi connectivity index (χ1v) is 5.58. The molecule has 1 aliphatic rings. The van der Waals surface area contributed by atoms with E-state index in [9.17, 15) is 5.11 Å². The predicted molar refractivity (Wildman–Crippen MR) is 63.9 cm³/mol. The predicted octanol–water partition coefficient (Wildman–Crippen LogP) is 1.86. The monoisotopic (exact) mass is 297 g/mol. The third-order valence-corrected chi connectivity index (χ3v) is 3.06. The van der Waals surface area contributed by atoms with E-state index in [0.717, 1.165) is 0 Å². The normalized spacial score (nSPS) is 13.0. The van der Waals surface area contributed by atoms with Gasteiger partial charge in [0.25, 0.3) is 0 Å². The number of phenols is 1. The van der Waals surface area contributed by atoms with Crippen molar-refractivity contribution in [3.8, 4) is 28.5 Å². The number of aromatic amines is 1. The molecular weight excluding hydrogens is 290 g/mol. The van der Waals surface area contributed by atoms with Gasteiger partial charge in [-0.1, -0.05) is 0 Å². The lowest BCUT2D eigenvalue weighted by molar-refractivity contribution is 0.174. The van der Waals surface area contributed by atoms with Crippen molar-refractivity contribution in [2.45, 2.75) is 0 Å². The standard InChI is InChI=1S/C10H8BrN3O3/c11-4-1-6-10(17-3-16-6)8(9(4)15)5-2-7(12)14-13-5/h1-2,15H,3H2,(H3,12,13,14). The Morgan fingerprint density at radius 3 is 2.94 bits per heavy atom. The zero-order chi connectivity index (χ0) is 12.0. The first-order chi connectivity index (χ1) is 8.16. The molecule has 0 spiro atoms. The zero-order valence-electron chi connectivity index (χ0n) is 8.53. The number of phenolic OH excluding ortho intramolecular Hbond substituents is 1. The summed E-state index contributed by atoms with van der Waals surface area (Å²) in [6.45, 7) is 0.127. The van der Waals surface area contributed by atoms with Crippen LogP contribution >= 0.6 is 15.9 Å². The molecule has 0 saturated carbocycles. The smallest absolute Gasteiger partial charge is 0.231 e. The first kappa shape index (κ1) is 10.3. The molecule has 1 aromatic heterocycles. The molecule has 0 aliphatic carbocycles. The van der Waals surface area contributed by atoms with Crippen molar-refractivity contribution in [1.29, 1.82) is 0 Å². The minimum absolute atomic E-state index is 0.0536. The number of fused-ring (bicyclic) bond motifs is 1. The fourth-order valence-electron chi connectivity index (χ4n) is 1.72. The molecule has 0 saturated heterocycles. The van der Waals surface area contributed by atoms with E-state index in [-0.39, 0.29) is 12.5 Å². The molecule has 0 bridgehead atoms. The van der Waals surface area contributed by atoms with Crippen LogP contribution in [0.3, 0.4) is 0 Å². The van der Waals surface area contributed by atoms with Gasteiger partial charge in [-0.3, -0.25) is 5.10 Å². The van der Waals surface area contributed by atoms with Crippen LogP contribution in [0, 0.1) is 0 Å². The van der Waals surface area contributed by atoms with Crippen LogP contribution in [-0.4, -0.2) is 22.1 Å². The number of H-pyrrole nitrogens is 1. The van der Waals surface area contributed by atoms with Gasteiger partial charge in [-0.25, -0.2) is 0 Å². The highest BCUT2D eigenvalue weighted by atomic mass is 79.9. The van der Waals surface area contributed by atoms with Crippen molar-refractivity contribution in [1.82, 2.24) is 10.2 Å². The molecule has 1 aromatic carbocycles. The van der Waals surface area contributed by atoms with Crippen LogP contribution in [0.5, 0.6) is 17.2 Å². The fraction of sp³-hybridized carbons (Fsp3) is 0.100. The minimum atomic E-state index is 0.0536. The van der Waals surface area contributed by atoms with Gasteiger partial charge in [0.05, 0.1) is 15.7 Å². The van der Waals surface area contributed by atoms with E-state index in [0.29, 0.717) is 33.0 Å². The second-order valence-corrected chi connectivity index (χ2v) is 4.38. The lowest BCUT2D eigenvalue weighted by Gasteiger charge is -2.08. The van der Waals surface area contributed by atoms with Gasteiger partial charge >= 0.3 is 0 Å². The topological polar surface area (TPSA) is 93.4 Å². The molecule has 88 valence electrons. The van der Waals surface area contributed by atoms with Gasteiger partial charge in [-0.05, 0) is 15.9 Å². The van der Waals surface area contributed by atoms with Gasteiger partial charge in [0.15, 0.2) is 11.5 Å². The Balaban J connectivity index is 2.28. The van der Waals surface area contributed by atoms with Gasteiger partial charge < -0.3 is 20.3 Å². The maximum atomic E-state index is 10.1. The Morgan fingerprint density at radius 2 is 2.24 bits per heavy atom. The molecule has 4 N–H and O–H groups in total. The zero-order valence-corrected chi connectivity index (χ0v) is 10.1.